The maximum Gasteiger partial charge on any atom is 0.0708 e. The summed E-state index contributed by atoms with van der Waals surface area (Å²) in [6, 6.07) is 19.0. The minimum atomic E-state index is 0.389. The Balaban J connectivity index is 2.00. The molecular weight excluding hydrogens is 266 g/mol. The van der Waals surface area contributed by atoms with Crippen LogP contribution in [0.5, 0.6) is 0 Å². The molecule has 1 aliphatic carbocycles. The highest BCUT2D eigenvalue weighted by atomic mass is 14.7. The first-order chi connectivity index (χ1) is 10.8. The van der Waals surface area contributed by atoms with E-state index in [1.807, 2.05) is 6.20 Å². The van der Waals surface area contributed by atoms with E-state index in [1.54, 1.807) is 0 Å². The Hall–Kier alpha value is -2.67. The molecule has 3 aromatic rings. The van der Waals surface area contributed by atoms with Crippen LogP contribution in [0.2, 0.25) is 0 Å². The van der Waals surface area contributed by atoms with Gasteiger partial charge in [-0.15, -0.1) is 0 Å². The Morgan fingerprint density at radius 1 is 0.955 bits per heavy atom. The third-order valence-electron chi connectivity index (χ3n) is 4.27. The lowest BCUT2D eigenvalue weighted by molar-refractivity contribution is 0.962. The summed E-state index contributed by atoms with van der Waals surface area (Å²) in [6.45, 7) is 2.25. The van der Waals surface area contributed by atoms with Gasteiger partial charge in [0.25, 0.3) is 0 Å². The molecular formula is C21H17N. The Kier molecular flexibility index (Phi) is 3.12. The quantitative estimate of drug-likeness (QED) is 0.579. The normalized spacial score (nSPS) is 18.6. The molecule has 1 unspecified atom stereocenters. The Morgan fingerprint density at radius 2 is 1.73 bits per heavy atom. The molecule has 4 rings (SSSR count). The first-order valence-electron chi connectivity index (χ1n) is 7.66. The Bertz CT molecular complexity index is 888. The fraction of sp³-hybridized carbons (Fsp3) is 0.0952. The van der Waals surface area contributed by atoms with Crippen molar-refractivity contribution in [3.05, 3.63) is 83.7 Å². The summed E-state index contributed by atoms with van der Waals surface area (Å²) in [5.74, 6) is 0.389. The third-order valence-corrected chi connectivity index (χ3v) is 4.27. The molecule has 0 saturated carbocycles. The van der Waals surface area contributed by atoms with Gasteiger partial charge in [-0.3, -0.25) is 4.98 Å². The molecule has 0 N–H and O–H groups in total. The zero-order valence-corrected chi connectivity index (χ0v) is 12.5. The molecule has 106 valence electrons. The van der Waals surface area contributed by atoms with Gasteiger partial charge < -0.3 is 0 Å². The molecule has 22 heavy (non-hydrogen) atoms. The summed E-state index contributed by atoms with van der Waals surface area (Å²) in [5.41, 5.74) is 4.92. The van der Waals surface area contributed by atoms with Crippen LogP contribution < -0.4 is 0 Å². The highest BCUT2D eigenvalue weighted by molar-refractivity contribution is 6.01. The smallest absolute Gasteiger partial charge is 0.0708 e. The molecule has 1 heterocycles. The molecule has 1 heteroatoms. The number of hydrogen-bond acceptors (Lipinski definition) is 1. The number of allylic oxidation sites excluding steroid dienone is 2. The molecule has 0 bridgehead atoms. The average Bonchev–Trinajstić information content (AvgIpc) is 2.58. The van der Waals surface area contributed by atoms with Crippen LogP contribution >= 0.6 is 0 Å². The number of nitrogens with zero attached hydrogens (tertiary/aromatic N) is 1. The first-order valence-corrected chi connectivity index (χ1v) is 7.66. The highest BCUT2D eigenvalue weighted by Crippen LogP contribution is 2.37. The van der Waals surface area contributed by atoms with Gasteiger partial charge in [-0.25, -0.2) is 0 Å². The number of hydrogen-bond donors (Lipinski definition) is 0. The summed E-state index contributed by atoms with van der Waals surface area (Å²) in [4.78, 5) is 4.65. The molecule has 0 amide bonds. The molecule has 0 aliphatic heterocycles. The Morgan fingerprint density at radius 3 is 2.59 bits per heavy atom. The maximum atomic E-state index is 4.65. The van der Waals surface area contributed by atoms with Crippen molar-refractivity contribution in [2.75, 3.05) is 0 Å². The highest BCUT2D eigenvalue weighted by Gasteiger charge is 2.19. The topological polar surface area (TPSA) is 12.9 Å². The van der Waals surface area contributed by atoms with Crippen LogP contribution in [0, 0.1) is 5.92 Å². The standard InChI is InChI=1S/C21H17N/c1-15-11-12-20-21(18-10-6-5-9-17(18)14-22-20)19(15)13-16-7-3-2-4-8-16/h2-15H,1H3. The van der Waals surface area contributed by atoms with Crippen molar-refractivity contribution in [3.63, 3.8) is 0 Å². The lowest BCUT2D eigenvalue weighted by atomic mass is 9.84. The second kappa shape index (κ2) is 5.27. The van der Waals surface area contributed by atoms with Gasteiger partial charge in [-0.2, -0.15) is 0 Å². The predicted octanol–water partition coefficient (Wildman–Crippen LogP) is 5.44. The summed E-state index contributed by atoms with van der Waals surface area (Å²) >= 11 is 0. The van der Waals surface area contributed by atoms with E-state index in [-0.39, 0.29) is 0 Å². The van der Waals surface area contributed by atoms with Gasteiger partial charge >= 0.3 is 0 Å². The van der Waals surface area contributed by atoms with E-state index < -0.39 is 0 Å². The first kappa shape index (κ1) is 13.0. The van der Waals surface area contributed by atoms with Gasteiger partial charge in [0.1, 0.15) is 0 Å². The van der Waals surface area contributed by atoms with Crippen LogP contribution in [-0.2, 0) is 0 Å². The molecule has 1 aliphatic rings. The van der Waals surface area contributed by atoms with E-state index in [0.717, 1.165) is 5.69 Å². The van der Waals surface area contributed by atoms with E-state index in [1.165, 1.54) is 27.5 Å². The van der Waals surface area contributed by atoms with Crippen LogP contribution in [0.25, 0.3) is 28.5 Å². The minimum Gasteiger partial charge on any atom is -0.256 e. The van der Waals surface area contributed by atoms with Crippen molar-refractivity contribution < 1.29 is 0 Å². The molecule has 0 saturated heterocycles. The maximum absolute atomic E-state index is 4.65. The van der Waals surface area contributed by atoms with Crippen LogP contribution in [0.15, 0.2) is 66.9 Å². The number of benzene rings is 2. The SMILES string of the molecule is CC1C=Cc2ncc3ccccc3c2C1=Cc1ccccc1. The fourth-order valence-electron chi connectivity index (χ4n) is 3.11. The monoisotopic (exact) mass is 283 g/mol. The lowest BCUT2D eigenvalue weighted by Crippen LogP contribution is -2.05. The second-order valence-electron chi connectivity index (χ2n) is 5.76. The fourth-order valence-corrected chi connectivity index (χ4v) is 3.11. The molecule has 0 spiro atoms. The van der Waals surface area contributed by atoms with Crippen LogP contribution in [-0.4, -0.2) is 4.98 Å². The zero-order chi connectivity index (χ0) is 14.9. The van der Waals surface area contributed by atoms with Gasteiger partial charge in [0.15, 0.2) is 0 Å². The molecule has 2 aromatic carbocycles. The van der Waals surface area contributed by atoms with Crippen molar-refractivity contribution in [2.24, 2.45) is 5.92 Å². The van der Waals surface area contributed by atoms with E-state index in [0.29, 0.717) is 5.92 Å². The summed E-state index contributed by atoms with van der Waals surface area (Å²) in [6.07, 6.45) is 8.64. The van der Waals surface area contributed by atoms with Crippen LogP contribution in [0.3, 0.4) is 0 Å². The van der Waals surface area contributed by atoms with Gasteiger partial charge in [0.2, 0.25) is 0 Å². The number of pyridine rings is 1. The van der Waals surface area contributed by atoms with Crippen molar-refractivity contribution in [3.8, 4) is 0 Å². The second-order valence-corrected chi connectivity index (χ2v) is 5.76. The zero-order valence-electron chi connectivity index (χ0n) is 12.5. The summed E-state index contributed by atoms with van der Waals surface area (Å²) < 4.78 is 0. The minimum absolute atomic E-state index is 0.389. The summed E-state index contributed by atoms with van der Waals surface area (Å²) in [5, 5.41) is 2.48. The largest absolute Gasteiger partial charge is 0.256 e. The van der Waals surface area contributed by atoms with Gasteiger partial charge in [-0.05, 0) is 22.6 Å². The number of rotatable bonds is 1. The molecule has 1 nitrogen and oxygen atoms in total. The van der Waals surface area contributed by atoms with Crippen molar-refractivity contribution >= 4 is 28.5 Å². The average molecular weight is 283 g/mol. The van der Waals surface area contributed by atoms with Crippen molar-refractivity contribution in [2.45, 2.75) is 6.92 Å². The molecule has 0 fully saturated rings. The van der Waals surface area contributed by atoms with Crippen molar-refractivity contribution in [1.82, 2.24) is 4.98 Å². The summed E-state index contributed by atoms with van der Waals surface area (Å²) in [7, 11) is 0. The molecule has 0 radical (unpaired) electrons. The third kappa shape index (κ3) is 2.15. The van der Waals surface area contributed by atoms with Gasteiger partial charge in [0, 0.05) is 23.1 Å². The van der Waals surface area contributed by atoms with Gasteiger partial charge in [0.05, 0.1) is 5.69 Å². The van der Waals surface area contributed by atoms with Crippen LogP contribution in [0.1, 0.15) is 23.7 Å². The van der Waals surface area contributed by atoms with E-state index in [2.05, 4.69) is 84.7 Å². The predicted molar refractivity (Wildman–Crippen MR) is 94.3 cm³/mol. The van der Waals surface area contributed by atoms with Gasteiger partial charge in [-0.1, -0.05) is 73.7 Å². The number of aromatic nitrogens is 1. The number of fused-ring (bicyclic) bond motifs is 3. The van der Waals surface area contributed by atoms with E-state index >= 15 is 0 Å². The lowest BCUT2D eigenvalue weighted by Gasteiger charge is -2.21. The Labute approximate surface area is 130 Å². The molecule has 1 atom stereocenters. The van der Waals surface area contributed by atoms with Crippen LogP contribution in [0.4, 0.5) is 0 Å². The van der Waals surface area contributed by atoms with E-state index in [4.69, 9.17) is 0 Å². The molecule has 1 aromatic heterocycles. The van der Waals surface area contributed by atoms with E-state index in [9.17, 15) is 0 Å². The van der Waals surface area contributed by atoms with Crippen molar-refractivity contribution in [1.29, 1.82) is 0 Å².